The molecule has 0 bridgehead atoms. The number of fused-ring (bicyclic) bond motifs is 2. The topological polar surface area (TPSA) is 88.2 Å². The van der Waals surface area contributed by atoms with Gasteiger partial charge < -0.3 is 5.32 Å². The van der Waals surface area contributed by atoms with Gasteiger partial charge in [0, 0.05) is 16.8 Å². The molecular formula is C19H21N3O3S2. The number of benzene rings is 1. The standard InChI is InChI=1S/C19H21N3O3S2/c1-12-11-20-17(26-12)8-9-27(24,25)22-19(23)21-18-15-6-2-4-13(15)10-14-5-3-7-16(14)18/h8-11H,2-7H2,1H3,(H2,21,22,23)/b9-8+. The lowest BCUT2D eigenvalue weighted by molar-refractivity contribution is 0.256. The smallest absolute Gasteiger partial charge is 0.307 e. The SMILES string of the molecule is Cc1cnc(/C=C/S(=O)(=O)NC(=O)Nc2c3c(cc4c2CCC4)CCC3)s1. The molecule has 142 valence electrons. The Morgan fingerprint density at radius 2 is 1.81 bits per heavy atom. The number of sulfonamides is 1. The highest BCUT2D eigenvalue weighted by Crippen LogP contribution is 2.38. The molecule has 2 N–H and O–H groups in total. The highest BCUT2D eigenvalue weighted by Gasteiger charge is 2.25. The molecule has 2 aliphatic rings. The van der Waals surface area contributed by atoms with Crippen LogP contribution in [0, 0.1) is 6.92 Å². The fourth-order valence-electron chi connectivity index (χ4n) is 3.87. The zero-order valence-corrected chi connectivity index (χ0v) is 16.7. The van der Waals surface area contributed by atoms with Gasteiger partial charge in [-0.3, -0.25) is 0 Å². The van der Waals surface area contributed by atoms with Gasteiger partial charge in [0.25, 0.3) is 10.0 Å². The number of carbonyl (C=O) groups excluding carboxylic acids is 1. The number of hydrogen-bond donors (Lipinski definition) is 2. The zero-order valence-electron chi connectivity index (χ0n) is 15.0. The molecule has 0 radical (unpaired) electrons. The van der Waals surface area contributed by atoms with Crippen molar-refractivity contribution in [2.24, 2.45) is 0 Å². The Labute approximate surface area is 162 Å². The predicted molar refractivity (Wildman–Crippen MR) is 107 cm³/mol. The number of thiazole rings is 1. The first-order chi connectivity index (χ1) is 12.9. The second-order valence-electron chi connectivity index (χ2n) is 6.95. The van der Waals surface area contributed by atoms with E-state index in [9.17, 15) is 13.2 Å². The van der Waals surface area contributed by atoms with Gasteiger partial charge in [-0.2, -0.15) is 0 Å². The Morgan fingerprint density at radius 1 is 1.15 bits per heavy atom. The van der Waals surface area contributed by atoms with Crippen molar-refractivity contribution in [1.82, 2.24) is 9.71 Å². The first-order valence-electron chi connectivity index (χ1n) is 9.02. The van der Waals surface area contributed by atoms with E-state index < -0.39 is 16.1 Å². The van der Waals surface area contributed by atoms with Crippen molar-refractivity contribution < 1.29 is 13.2 Å². The minimum atomic E-state index is -3.89. The predicted octanol–water partition coefficient (Wildman–Crippen LogP) is 3.55. The van der Waals surface area contributed by atoms with E-state index in [0.29, 0.717) is 5.01 Å². The second-order valence-corrected chi connectivity index (χ2v) is 9.78. The lowest BCUT2D eigenvalue weighted by Crippen LogP contribution is -2.33. The molecule has 0 aliphatic heterocycles. The zero-order chi connectivity index (χ0) is 19.0. The summed E-state index contributed by atoms with van der Waals surface area (Å²) in [5, 5.41) is 4.38. The molecule has 0 spiro atoms. The molecule has 1 heterocycles. The fraction of sp³-hybridized carbons (Fsp3) is 0.368. The van der Waals surface area contributed by atoms with Crippen molar-refractivity contribution in [2.75, 3.05) is 5.32 Å². The number of nitrogens with zero attached hydrogens (tertiary/aromatic N) is 1. The van der Waals surface area contributed by atoms with Crippen molar-refractivity contribution in [3.05, 3.63) is 49.8 Å². The van der Waals surface area contributed by atoms with E-state index in [4.69, 9.17) is 0 Å². The van der Waals surface area contributed by atoms with E-state index in [1.807, 2.05) is 6.92 Å². The molecule has 6 nitrogen and oxygen atoms in total. The van der Waals surface area contributed by atoms with E-state index in [1.165, 1.54) is 28.5 Å². The molecule has 4 rings (SSSR count). The third-order valence-corrected chi connectivity index (χ3v) is 6.82. The van der Waals surface area contributed by atoms with Crippen molar-refractivity contribution in [3.63, 3.8) is 0 Å². The Morgan fingerprint density at radius 3 is 2.41 bits per heavy atom. The summed E-state index contributed by atoms with van der Waals surface area (Å²) in [5.41, 5.74) is 5.72. The van der Waals surface area contributed by atoms with Crippen LogP contribution in [0.15, 0.2) is 17.7 Å². The first-order valence-corrected chi connectivity index (χ1v) is 11.4. The Kier molecular flexibility index (Phi) is 4.77. The minimum absolute atomic E-state index is 0.581. The molecule has 0 unspecified atom stereocenters. The number of carbonyl (C=O) groups is 1. The van der Waals surface area contributed by atoms with Crippen LogP contribution in [0.3, 0.4) is 0 Å². The molecule has 2 aliphatic carbocycles. The lowest BCUT2D eigenvalue weighted by atomic mass is 9.99. The van der Waals surface area contributed by atoms with Crippen LogP contribution in [0.2, 0.25) is 0 Å². The van der Waals surface area contributed by atoms with Crippen molar-refractivity contribution in [2.45, 2.75) is 45.4 Å². The summed E-state index contributed by atoms with van der Waals surface area (Å²) in [6.45, 7) is 1.89. The fourth-order valence-corrected chi connectivity index (χ4v) is 5.31. The molecule has 1 aromatic carbocycles. The van der Waals surface area contributed by atoms with Gasteiger partial charge >= 0.3 is 6.03 Å². The molecule has 0 saturated carbocycles. The summed E-state index contributed by atoms with van der Waals surface area (Å²) < 4.78 is 26.5. The van der Waals surface area contributed by atoms with Crippen LogP contribution in [0.4, 0.5) is 10.5 Å². The van der Waals surface area contributed by atoms with Gasteiger partial charge in [-0.05, 0) is 73.8 Å². The van der Waals surface area contributed by atoms with E-state index in [2.05, 4.69) is 21.1 Å². The summed E-state index contributed by atoms with van der Waals surface area (Å²) in [6.07, 6.45) is 9.10. The van der Waals surface area contributed by atoms with Crippen LogP contribution in [0.1, 0.15) is 45.0 Å². The number of urea groups is 1. The van der Waals surface area contributed by atoms with Crippen LogP contribution >= 0.6 is 11.3 Å². The number of hydrogen-bond acceptors (Lipinski definition) is 5. The molecule has 2 amide bonds. The maximum atomic E-state index is 12.4. The van der Waals surface area contributed by atoms with Crippen LogP contribution in [-0.4, -0.2) is 19.4 Å². The number of amides is 2. The molecule has 0 fully saturated rings. The number of nitrogens with one attached hydrogen (secondary N) is 2. The van der Waals surface area contributed by atoms with Gasteiger partial charge in [-0.15, -0.1) is 11.3 Å². The van der Waals surface area contributed by atoms with Gasteiger partial charge in [-0.1, -0.05) is 6.07 Å². The van der Waals surface area contributed by atoms with Gasteiger partial charge in [0.2, 0.25) is 0 Å². The largest absolute Gasteiger partial charge is 0.333 e. The third-order valence-electron chi connectivity index (χ3n) is 4.98. The Hall–Kier alpha value is -2.19. The molecule has 0 atom stereocenters. The number of aryl methyl sites for hydroxylation is 3. The van der Waals surface area contributed by atoms with Crippen LogP contribution in [0.25, 0.3) is 6.08 Å². The van der Waals surface area contributed by atoms with Crippen molar-refractivity contribution >= 4 is 39.2 Å². The maximum absolute atomic E-state index is 12.4. The van der Waals surface area contributed by atoms with Crippen molar-refractivity contribution in [3.8, 4) is 0 Å². The highest BCUT2D eigenvalue weighted by molar-refractivity contribution is 7.93. The maximum Gasteiger partial charge on any atom is 0.333 e. The van der Waals surface area contributed by atoms with Crippen LogP contribution < -0.4 is 10.0 Å². The quantitative estimate of drug-likeness (QED) is 0.817. The monoisotopic (exact) mass is 403 g/mol. The van der Waals surface area contributed by atoms with Gasteiger partial charge in [0.05, 0.1) is 5.41 Å². The second kappa shape index (κ2) is 7.09. The summed E-state index contributed by atoms with van der Waals surface area (Å²) >= 11 is 1.39. The van der Waals surface area contributed by atoms with Gasteiger partial charge in [0.1, 0.15) is 5.01 Å². The summed E-state index contributed by atoms with van der Waals surface area (Å²) in [6, 6.07) is 1.55. The molecule has 27 heavy (non-hydrogen) atoms. The normalized spacial score (nSPS) is 15.7. The van der Waals surface area contributed by atoms with E-state index >= 15 is 0 Å². The molecular weight excluding hydrogens is 382 g/mol. The summed E-state index contributed by atoms with van der Waals surface area (Å²) in [5.74, 6) is 0. The lowest BCUT2D eigenvalue weighted by Gasteiger charge is -2.16. The molecule has 8 heteroatoms. The average Bonchev–Trinajstić information content (AvgIpc) is 3.32. The minimum Gasteiger partial charge on any atom is -0.307 e. The number of rotatable bonds is 4. The molecule has 0 saturated heterocycles. The van der Waals surface area contributed by atoms with Gasteiger partial charge in [-0.25, -0.2) is 22.9 Å². The summed E-state index contributed by atoms with van der Waals surface area (Å²) in [4.78, 5) is 17.5. The van der Waals surface area contributed by atoms with E-state index in [1.54, 1.807) is 6.20 Å². The average molecular weight is 404 g/mol. The first kappa shape index (κ1) is 18.2. The number of anilines is 1. The summed E-state index contributed by atoms with van der Waals surface area (Å²) in [7, 11) is -3.89. The van der Waals surface area contributed by atoms with E-state index in [0.717, 1.165) is 65.6 Å². The van der Waals surface area contributed by atoms with Crippen molar-refractivity contribution in [1.29, 1.82) is 0 Å². The third kappa shape index (κ3) is 3.91. The van der Waals surface area contributed by atoms with Crippen LogP contribution in [-0.2, 0) is 35.7 Å². The van der Waals surface area contributed by atoms with E-state index in [-0.39, 0.29) is 0 Å². The van der Waals surface area contributed by atoms with Gasteiger partial charge in [0.15, 0.2) is 0 Å². The van der Waals surface area contributed by atoms with Crippen LogP contribution in [0.5, 0.6) is 0 Å². The molecule has 1 aromatic heterocycles. The highest BCUT2D eigenvalue weighted by atomic mass is 32.2. The molecule has 2 aromatic rings. The Balaban J connectivity index is 1.51. The number of aromatic nitrogens is 1. The Bertz CT molecular complexity index is 1010.